The topological polar surface area (TPSA) is 62.1 Å². The number of methoxy groups -OCH3 is 1. The number of ether oxygens (including phenoxy) is 2. The molecule has 0 amide bonds. The number of alkyl halides is 3. The highest BCUT2D eigenvalue weighted by atomic mass is 19.4. The Labute approximate surface area is 140 Å². The minimum atomic E-state index is -4.45. The third-order valence-electron chi connectivity index (χ3n) is 3.38. The maximum atomic E-state index is 12.9. The van der Waals surface area contributed by atoms with Gasteiger partial charge in [-0.05, 0) is 40.8 Å². The van der Waals surface area contributed by atoms with E-state index in [9.17, 15) is 13.2 Å². The maximum Gasteiger partial charge on any atom is 0.416 e. The lowest BCUT2D eigenvalue weighted by atomic mass is 10.2. The lowest BCUT2D eigenvalue weighted by molar-refractivity contribution is -0.137. The molecule has 1 heterocycles. The molecule has 25 heavy (non-hydrogen) atoms. The van der Waals surface area contributed by atoms with E-state index < -0.39 is 11.7 Å². The highest BCUT2D eigenvalue weighted by molar-refractivity contribution is 5.39. The molecule has 0 unspecified atom stereocenters. The molecule has 1 aromatic heterocycles. The third kappa shape index (κ3) is 3.70. The first-order valence-electron chi connectivity index (χ1n) is 7.20. The fraction of sp³-hybridized carbons (Fsp3) is 0.188. The molecule has 3 aromatic rings. The number of rotatable bonds is 5. The highest BCUT2D eigenvalue weighted by Gasteiger charge is 2.30. The van der Waals surface area contributed by atoms with Crippen LogP contribution in [0.25, 0.3) is 5.69 Å². The average Bonchev–Trinajstić information content (AvgIpc) is 3.08. The van der Waals surface area contributed by atoms with Gasteiger partial charge in [-0.3, -0.25) is 0 Å². The molecule has 3 rings (SSSR count). The normalized spacial score (nSPS) is 11.4. The molecule has 9 heteroatoms. The second-order valence-electron chi connectivity index (χ2n) is 4.99. The van der Waals surface area contributed by atoms with Crippen molar-refractivity contribution < 1.29 is 22.6 Å². The summed E-state index contributed by atoms with van der Waals surface area (Å²) in [5.74, 6) is 1.26. The van der Waals surface area contributed by atoms with E-state index >= 15 is 0 Å². The third-order valence-corrected chi connectivity index (χ3v) is 3.38. The molecule has 0 N–H and O–H groups in total. The largest absolute Gasteiger partial charge is 0.493 e. The van der Waals surface area contributed by atoms with Gasteiger partial charge in [0.05, 0.1) is 18.4 Å². The number of nitrogens with zero attached hydrogens (tertiary/aromatic N) is 4. The van der Waals surface area contributed by atoms with E-state index in [4.69, 9.17) is 9.47 Å². The van der Waals surface area contributed by atoms with Gasteiger partial charge in [-0.25, -0.2) is 0 Å². The Hall–Kier alpha value is -3.10. The molecule has 6 nitrogen and oxygen atoms in total. The van der Waals surface area contributed by atoms with Crippen molar-refractivity contribution in [3.63, 3.8) is 0 Å². The number of hydrogen-bond donors (Lipinski definition) is 0. The summed E-state index contributed by atoms with van der Waals surface area (Å²) < 4.78 is 50.6. The van der Waals surface area contributed by atoms with E-state index in [0.717, 1.165) is 12.1 Å². The molecule has 0 saturated heterocycles. The zero-order valence-electron chi connectivity index (χ0n) is 13.1. The Bertz CT molecular complexity index is 864. The van der Waals surface area contributed by atoms with Crippen molar-refractivity contribution in [1.29, 1.82) is 0 Å². The second kappa shape index (κ2) is 6.80. The Morgan fingerprint density at radius 2 is 1.80 bits per heavy atom. The van der Waals surface area contributed by atoms with E-state index in [2.05, 4.69) is 15.5 Å². The molecule has 130 valence electrons. The molecule has 2 aromatic carbocycles. The fourth-order valence-corrected chi connectivity index (χ4v) is 2.19. The molecular weight excluding hydrogens is 337 g/mol. The lowest BCUT2D eigenvalue weighted by Gasteiger charge is -2.11. The van der Waals surface area contributed by atoms with Gasteiger partial charge in [0.2, 0.25) is 0 Å². The van der Waals surface area contributed by atoms with Crippen LogP contribution < -0.4 is 9.47 Å². The van der Waals surface area contributed by atoms with E-state index in [1.165, 1.54) is 23.9 Å². The molecule has 0 spiro atoms. The van der Waals surface area contributed by atoms with Crippen molar-refractivity contribution >= 4 is 0 Å². The van der Waals surface area contributed by atoms with Crippen LogP contribution in [0.2, 0.25) is 0 Å². The van der Waals surface area contributed by atoms with Crippen molar-refractivity contribution in [2.75, 3.05) is 7.11 Å². The second-order valence-corrected chi connectivity index (χ2v) is 4.99. The standard InChI is InChI=1S/C16H13F3N4O2/c1-24-13-7-2-3-8-14(13)25-10-15-20-21-22-23(15)12-6-4-5-11(9-12)16(17,18)19/h2-9H,10H2,1H3. The summed E-state index contributed by atoms with van der Waals surface area (Å²) in [6, 6.07) is 11.7. The van der Waals surface area contributed by atoms with Crippen molar-refractivity contribution in [2.45, 2.75) is 12.8 Å². The van der Waals surface area contributed by atoms with Crippen LogP contribution in [-0.4, -0.2) is 27.3 Å². The number of hydrogen-bond acceptors (Lipinski definition) is 5. The van der Waals surface area contributed by atoms with E-state index in [1.54, 1.807) is 24.3 Å². The van der Waals surface area contributed by atoms with Crippen LogP contribution in [0.15, 0.2) is 48.5 Å². The van der Waals surface area contributed by atoms with Gasteiger partial charge in [-0.1, -0.05) is 18.2 Å². The summed E-state index contributed by atoms with van der Waals surface area (Å²) in [5.41, 5.74) is -0.587. The van der Waals surface area contributed by atoms with Gasteiger partial charge in [-0.2, -0.15) is 17.9 Å². The van der Waals surface area contributed by atoms with Gasteiger partial charge in [0.15, 0.2) is 23.9 Å². The van der Waals surface area contributed by atoms with E-state index in [-0.39, 0.29) is 18.1 Å². The van der Waals surface area contributed by atoms with Crippen molar-refractivity contribution in [3.05, 3.63) is 59.9 Å². The molecule has 0 aliphatic rings. The van der Waals surface area contributed by atoms with Crippen LogP contribution in [-0.2, 0) is 12.8 Å². The zero-order chi connectivity index (χ0) is 17.9. The Morgan fingerprint density at radius 3 is 2.52 bits per heavy atom. The van der Waals surface area contributed by atoms with Gasteiger partial charge < -0.3 is 9.47 Å². The number of benzene rings is 2. The van der Waals surface area contributed by atoms with Crippen LogP contribution in [0.5, 0.6) is 11.5 Å². The Balaban J connectivity index is 1.84. The molecule has 0 radical (unpaired) electrons. The molecule has 0 fully saturated rings. The predicted molar refractivity (Wildman–Crippen MR) is 81.5 cm³/mol. The fourth-order valence-electron chi connectivity index (χ4n) is 2.19. The number of para-hydroxylation sites is 2. The van der Waals surface area contributed by atoms with Crippen LogP contribution >= 0.6 is 0 Å². The van der Waals surface area contributed by atoms with Gasteiger partial charge in [0, 0.05) is 0 Å². The van der Waals surface area contributed by atoms with Gasteiger partial charge in [0.1, 0.15) is 0 Å². The minimum Gasteiger partial charge on any atom is -0.493 e. The smallest absolute Gasteiger partial charge is 0.416 e. The molecule has 0 saturated carbocycles. The summed E-state index contributed by atoms with van der Waals surface area (Å²) in [5, 5.41) is 11.1. The lowest BCUT2D eigenvalue weighted by Crippen LogP contribution is -2.10. The van der Waals surface area contributed by atoms with Gasteiger partial charge in [0.25, 0.3) is 0 Å². The molecule has 0 atom stereocenters. The Kier molecular flexibility index (Phi) is 4.55. The molecular formula is C16H13F3N4O2. The van der Waals surface area contributed by atoms with Crippen LogP contribution in [0.4, 0.5) is 13.2 Å². The minimum absolute atomic E-state index is 0.0381. The maximum absolute atomic E-state index is 12.9. The number of aromatic nitrogens is 4. The molecule has 0 aliphatic heterocycles. The van der Waals surface area contributed by atoms with Crippen molar-refractivity contribution in [3.8, 4) is 17.2 Å². The first kappa shape index (κ1) is 16.7. The molecule has 0 bridgehead atoms. The molecule has 0 aliphatic carbocycles. The SMILES string of the molecule is COc1ccccc1OCc1nnnn1-c1cccc(C(F)(F)F)c1. The summed E-state index contributed by atoms with van der Waals surface area (Å²) in [6.07, 6.45) is -4.45. The van der Waals surface area contributed by atoms with Crippen LogP contribution in [0, 0.1) is 0 Å². The van der Waals surface area contributed by atoms with Crippen LogP contribution in [0.1, 0.15) is 11.4 Å². The Morgan fingerprint density at radius 1 is 1.04 bits per heavy atom. The van der Waals surface area contributed by atoms with Crippen molar-refractivity contribution in [2.24, 2.45) is 0 Å². The highest BCUT2D eigenvalue weighted by Crippen LogP contribution is 2.30. The van der Waals surface area contributed by atoms with Crippen LogP contribution in [0.3, 0.4) is 0 Å². The summed E-state index contributed by atoms with van der Waals surface area (Å²) in [4.78, 5) is 0. The average molecular weight is 350 g/mol. The zero-order valence-corrected chi connectivity index (χ0v) is 13.1. The van der Waals surface area contributed by atoms with Crippen molar-refractivity contribution in [1.82, 2.24) is 20.2 Å². The number of tetrazole rings is 1. The monoisotopic (exact) mass is 350 g/mol. The first-order chi connectivity index (χ1) is 12.0. The quantitative estimate of drug-likeness (QED) is 0.707. The summed E-state index contributed by atoms with van der Waals surface area (Å²) in [6.45, 7) is -0.0381. The number of halogens is 3. The predicted octanol–water partition coefficient (Wildman–Crippen LogP) is 3.27. The van der Waals surface area contributed by atoms with E-state index in [0.29, 0.717) is 11.5 Å². The first-order valence-corrected chi connectivity index (χ1v) is 7.20. The summed E-state index contributed by atoms with van der Waals surface area (Å²) >= 11 is 0. The van der Waals surface area contributed by atoms with E-state index in [1.807, 2.05) is 0 Å². The van der Waals surface area contributed by atoms with Gasteiger partial charge in [-0.15, -0.1) is 5.10 Å². The summed E-state index contributed by atoms with van der Waals surface area (Å²) in [7, 11) is 1.51. The van der Waals surface area contributed by atoms with Gasteiger partial charge >= 0.3 is 6.18 Å².